The van der Waals surface area contributed by atoms with Gasteiger partial charge in [-0.3, -0.25) is 4.79 Å². The quantitative estimate of drug-likeness (QED) is 0.789. The summed E-state index contributed by atoms with van der Waals surface area (Å²) in [6.45, 7) is 0. The van der Waals surface area contributed by atoms with Crippen LogP contribution in [0.2, 0.25) is 0 Å². The van der Waals surface area contributed by atoms with Gasteiger partial charge in [-0.25, -0.2) is 4.79 Å². The lowest BCUT2D eigenvalue weighted by Crippen LogP contribution is -2.30. The van der Waals surface area contributed by atoms with E-state index >= 15 is 0 Å². The molecule has 2 aromatic rings. The van der Waals surface area contributed by atoms with Gasteiger partial charge in [-0.15, -0.1) is 0 Å². The van der Waals surface area contributed by atoms with Crippen LogP contribution in [0, 0.1) is 0 Å². The van der Waals surface area contributed by atoms with Crippen molar-refractivity contribution >= 4 is 23.3 Å². The van der Waals surface area contributed by atoms with Crippen LogP contribution in [0.15, 0.2) is 48.5 Å². The van der Waals surface area contributed by atoms with Crippen molar-refractivity contribution in [1.82, 2.24) is 5.32 Å². The van der Waals surface area contributed by atoms with Gasteiger partial charge in [0.2, 0.25) is 0 Å². The average molecular weight is 325 g/mol. The lowest BCUT2D eigenvalue weighted by Gasteiger charge is -2.09. The number of benzene rings is 2. The van der Waals surface area contributed by atoms with Crippen LogP contribution in [0.4, 0.5) is 16.2 Å². The van der Waals surface area contributed by atoms with E-state index in [1.54, 1.807) is 49.6 Å². The molecule has 0 bridgehead atoms. The van der Waals surface area contributed by atoms with E-state index in [2.05, 4.69) is 16.0 Å². The Kier molecular flexibility index (Phi) is 4.65. The number of methoxy groups -OCH3 is 1. The number of carbonyl (C=O) groups excluding carboxylic acids is 2. The minimum Gasteiger partial charge on any atom is -0.497 e. The fourth-order valence-electron chi connectivity index (χ4n) is 2.19. The maximum atomic E-state index is 12.2. The van der Waals surface area contributed by atoms with Crippen molar-refractivity contribution in [2.45, 2.75) is 18.9 Å². The Balaban J connectivity index is 1.59. The third-order valence-electron chi connectivity index (χ3n) is 3.65. The van der Waals surface area contributed by atoms with Gasteiger partial charge in [-0.2, -0.15) is 0 Å². The molecule has 0 unspecified atom stereocenters. The zero-order valence-electron chi connectivity index (χ0n) is 13.3. The average Bonchev–Trinajstić information content (AvgIpc) is 3.39. The van der Waals surface area contributed by atoms with Crippen LogP contribution in [0.3, 0.4) is 0 Å². The minimum atomic E-state index is -0.225. The maximum absolute atomic E-state index is 12.2. The molecule has 1 saturated carbocycles. The first-order valence-electron chi connectivity index (χ1n) is 7.77. The number of hydrogen-bond donors (Lipinski definition) is 3. The summed E-state index contributed by atoms with van der Waals surface area (Å²) in [7, 11) is 1.58. The maximum Gasteiger partial charge on any atom is 0.319 e. The first-order valence-corrected chi connectivity index (χ1v) is 7.77. The number of amides is 3. The molecule has 0 saturated heterocycles. The highest BCUT2D eigenvalue weighted by Gasteiger charge is 2.23. The molecular formula is C18H19N3O3. The van der Waals surface area contributed by atoms with Gasteiger partial charge in [0.25, 0.3) is 5.91 Å². The predicted octanol–water partition coefficient (Wildman–Crippen LogP) is 3.23. The molecular weight excluding hydrogens is 306 g/mol. The van der Waals surface area contributed by atoms with Gasteiger partial charge in [-0.1, -0.05) is 6.07 Å². The number of anilines is 2. The SMILES string of the molecule is COc1cccc(NC(=O)c2ccc(NC(=O)NC3CC3)cc2)c1. The van der Waals surface area contributed by atoms with Gasteiger partial charge in [0.15, 0.2) is 0 Å². The summed E-state index contributed by atoms with van der Waals surface area (Å²) in [4.78, 5) is 23.9. The molecule has 2 aromatic carbocycles. The lowest BCUT2D eigenvalue weighted by atomic mass is 10.2. The second kappa shape index (κ2) is 7.04. The van der Waals surface area contributed by atoms with Crippen molar-refractivity contribution in [3.8, 4) is 5.75 Å². The van der Waals surface area contributed by atoms with Gasteiger partial charge in [-0.05, 0) is 49.2 Å². The highest BCUT2D eigenvalue weighted by molar-refractivity contribution is 6.04. The molecule has 3 amide bonds. The second-order valence-electron chi connectivity index (χ2n) is 5.64. The monoisotopic (exact) mass is 325 g/mol. The molecule has 0 radical (unpaired) electrons. The largest absolute Gasteiger partial charge is 0.497 e. The fraction of sp³-hybridized carbons (Fsp3) is 0.222. The summed E-state index contributed by atoms with van der Waals surface area (Å²) >= 11 is 0. The number of ether oxygens (including phenoxy) is 1. The van der Waals surface area contributed by atoms with Crippen LogP contribution in [0.1, 0.15) is 23.2 Å². The first kappa shape index (κ1) is 15.9. The van der Waals surface area contributed by atoms with Crippen molar-refractivity contribution in [2.75, 3.05) is 17.7 Å². The summed E-state index contributed by atoms with van der Waals surface area (Å²) in [6, 6.07) is 14.0. The number of rotatable bonds is 5. The van der Waals surface area contributed by atoms with Gasteiger partial charge in [0, 0.05) is 29.0 Å². The molecule has 1 aliphatic rings. The highest BCUT2D eigenvalue weighted by atomic mass is 16.5. The van der Waals surface area contributed by atoms with E-state index in [4.69, 9.17) is 4.74 Å². The molecule has 6 nitrogen and oxygen atoms in total. The third kappa shape index (κ3) is 4.25. The van der Waals surface area contributed by atoms with Crippen LogP contribution >= 0.6 is 0 Å². The van der Waals surface area contributed by atoms with Crippen LogP contribution in [0.25, 0.3) is 0 Å². The molecule has 1 fully saturated rings. The van der Waals surface area contributed by atoms with E-state index in [9.17, 15) is 9.59 Å². The van der Waals surface area contributed by atoms with Gasteiger partial charge >= 0.3 is 6.03 Å². The summed E-state index contributed by atoms with van der Waals surface area (Å²) < 4.78 is 5.13. The van der Waals surface area contributed by atoms with Gasteiger partial charge in [0.05, 0.1) is 7.11 Å². The predicted molar refractivity (Wildman–Crippen MR) is 92.6 cm³/mol. The zero-order chi connectivity index (χ0) is 16.9. The van der Waals surface area contributed by atoms with Crippen LogP contribution in [-0.4, -0.2) is 25.1 Å². The second-order valence-corrected chi connectivity index (χ2v) is 5.64. The van der Waals surface area contributed by atoms with E-state index in [1.807, 2.05) is 6.07 Å². The number of nitrogens with one attached hydrogen (secondary N) is 3. The van der Waals surface area contributed by atoms with Crippen LogP contribution < -0.4 is 20.7 Å². The van der Waals surface area contributed by atoms with Gasteiger partial charge in [0.1, 0.15) is 5.75 Å². The summed E-state index contributed by atoms with van der Waals surface area (Å²) in [6.07, 6.45) is 2.08. The van der Waals surface area contributed by atoms with E-state index < -0.39 is 0 Å². The molecule has 124 valence electrons. The number of hydrogen-bond acceptors (Lipinski definition) is 3. The molecule has 0 atom stereocenters. The Morgan fingerprint density at radius 3 is 2.42 bits per heavy atom. The lowest BCUT2D eigenvalue weighted by molar-refractivity contribution is 0.102. The fourth-order valence-corrected chi connectivity index (χ4v) is 2.19. The van der Waals surface area contributed by atoms with Crippen molar-refractivity contribution in [3.05, 3.63) is 54.1 Å². The zero-order valence-corrected chi connectivity index (χ0v) is 13.3. The Morgan fingerprint density at radius 2 is 1.75 bits per heavy atom. The van der Waals surface area contributed by atoms with Crippen molar-refractivity contribution in [3.63, 3.8) is 0 Å². The normalized spacial score (nSPS) is 13.0. The van der Waals surface area contributed by atoms with E-state index in [0.29, 0.717) is 28.7 Å². The Labute approximate surface area is 140 Å². The van der Waals surface area contributed by atoms with E-state index in [0.717, 1.165) is 12.8 Å². The summed E-state index contributed by atoms with van der Waals surface area (Å²) in [5.41, 5.74) is 1.81. The Morgan fingerprint density at radius 1 is 1.00 bits per heavy atom. The van der Waals surface area contributed by atoms with Gasteiger partial charge < -0.3 is 20.7 Å². The van der Waals surface area contributed by atoms with Crippen molar-refractivity contribution < 1.29 is 14.3 Å². The smallest absolute Gasteiger partial charge is 0.319 e. The third-order valence-corrected chi connectivity index (χ3v) is 3.65. The van der Waals surface area contributed by atoms with Crippen LogP contribution in [-0.2, 0) is 0 Å². The summed E-state index contributed by atoms with van der Waals surface area (Å²) in [5, 5.41) is 8.40. The first-order chi connectivity index (χ1) is 11.6. The minimum absolute atomic E-state index is 0.217. The molecule has 6 heteroatoms. The molecule has 1 aliphatic carbocycles. The molecule has 0 aliphatic heterocycles. The molecule has 24 heavy (non-hydrogen) atoms. The van der Waals surface area contributed by atoms with Crippen molar-refractivity contribution in [2.24, 2.45) is 0 Å². The standard InChI is InChI=1S/C18H19N3O3/c1-24-16-4-2-3-15(11-16)19-17(22)12-5-7-13(8-6-12)20-18(23)21-14-9-10-14/h2-8,11,14H,9-10H2,1H3,(H,19,22)(H2,20,21,23). The van der Waals surface area contributed by atoms with E-state index in [1.165, 1.54) is 0 Å². The highest BCUT2D eigenvalue weighted by Crippen LogP contribution is 2.20. The summed E-state index contributed by atoms with van der Waals surface area (Å²) in [5.74, 6) is 0.450. The molecule has 0 aromatic heterocycles. The van der Waals surface area contributed by atoms with Crippen molar-refractivity contribution in [1.29, 1.82) is 0 Å². The molecule has 3 rings (SSSR count). The Bertz CT molecular complexity index is 739. The number of urea groups is 1. The topological polar surface area (TPSA) is 79.5 Å². The molecule has 0 spiro atoms. The van der Waals surface area contributed by atoms with E-state index in [-0.39, 0.29) is 11.9 Å². The molecule has 3 N–H and O–H groups in total. The number of carbonyl (C=O) groups is 2. The van der Waals surface area contributed by atoms with Crippen LogP contribution in [0.5, 0.6) is 5.75 Å². The Hall–Kier alpha value is -3.02. The molecule has 0 heterocycles.